The molecule has 3 aromatic rings. The molecule has 1 aliphatic heterocycles. The van der Waals surface area contributed by atoms with Crippen LogP contribution in [0.2, 0.25) is 0 Å². The van der Waals surface area contributed by atoms with Gasteiger partial charge in [0.1, 0.15) is 0 Å². The first-order valence-electron chi connectivity index (χ1n) is 9.29. The van der Waals surface area contributed by atoms with Crippen LogP contribution < -0.4 is 5.32 Å². The van der Waals surface area contributed by atoms with Crippen LogP contribution in [-0.4, -0.2) is 35.6 Å². The highest BCUT2D eigenvalue weighted by atomic mass is 35.5. The fraction of sp³-hybridized carbons (Fsp3) is 0.429. The second-order valence-corrected chi connectivity index (χ2v) is 6.75. The van der Waals surface area contributed by atoms with Crippen LogP contribution in [0.3, 0.4) is 0 Å². The first-order valence-corrected chi connectivity index (χ1v) is 9.29. The van der Waals surface area contributed by atoms with Gasteiger partial charge in [0.15, 0.2) is 0 Å². The lowest BCUT2D eigenvalue weighted by molar-refractivity contribution is 0.169. The molecule has 0 radical (unpaired) electrons. The fourth-order valence-corrected chi connectivity index (χ4v) is 4.32. The van der Waals surface area contributed by atoms with Gasteiger partial charge in [0.05, 0.1) is 0 Å². The summed E-state index contributed by atoms with van der Waals surface area (Å²) in [5.41, 5.74) is 4.17. The van der Waals surface area contributed by atoms with E-state index in [0.717, 1.165) is 39.1 Å². The average Bonchev–Trinajstić information content (AvgIpc) is 2.96. The molecule has 2 aromatic carbocycles. The molecule has 0 saturated carbocycles. The lowest BCUT2D eigenvalue weighted by Crippen LogP contribution is -2.45. The van der Waals surface area contributed by atoms with Crippen LogP contribution in [0.5, 0.6) is 0 Å². The number of halogens is 2. The number of nitrogens with one attached hydrogen (secondary N) is 1. The van der Waals surface area contributed by atoms with Crippen molar-refractivity contribution in [3.05, 3.63) is 48.0 Å². The van der Waals surface area contributed by atoms with Gasteiger partial charge in [-0.15, -0.1) is 24.8 Å². The second kappa shape index (κ2) is 9.09. The first kappa shape index (κ1) is 21.0. The third kappa shape index (κ3) is 3.59. The van der Waals surface area contributed by atoms with E-state index in [0.29, 0.717) is 6.04 Å². The maximum absolute atomic E-state index is 3.46. The van der Waals surface area contributed by atoms with Gasteiger partial charge >= 0.3 is 0 Å². The molecule has 0 spiro atoms. The molecule has 5 heteroatoms. The summed E-state index contributed by atoms with van der Waals surface area (Å²) < 4.78 is 2.43. The molecule has 1 aliphatic rings. The van der Waals surface area contributed by atoms with Crippen molar-refractivity contribution in [3.63, 3.8) is 0 Å². The molecule has 1 atom stereocenters. The molecule has 2 heterocycles. The average molecular weight is 394 g/mol. The number of hydrogen-bond acceptors (Lipinski definition) is 2. The SMILES string of the molecule is CC[C@H](c1ccc2c(c1)c1ccccc1n2CC)N1CCNCC1.Cl.Cl. The van der Waals surface area contributed by atoms with Crippen LogP contribution in [0.25, 0.3) is 21.8 Å². The van der Waals surface area contributed by atoms with Crippen molar-refractivity contribution < 1.29 is 0 Å². The highest BCUT2D eigenvalue weighted by molar-refractivity contribution is 6.08. The predicted octanol–water partition coefficient (Wildman–Crippen LogP) is 5.01. The highest BCUT2D eigenvalue weighted by Gasteiger charge is 2.21. The van der Waals surface area contributed by atoms with E-state index in [9.17, 15) is 0 Å². The normalized spacial score (nSPS) is 16.2. The number of aromatic nitrogens is 1. The molecule has 1 fully saturated rings. The van der Waals surface area contributed by atoms with Gasteiger partial charge in [0.2, 0.25) is 0 Å². The zero-order chi connectivity index (χ0) is 16.5. The van der Waals surface area contributed by atoms with Crippen molar-refractivity contribution in [2.45, 2.75) is 32.9 Å². The summed E-state index contributed by atoms with van der Waals surface area (Å²) in [6, 6.07) is 16.5. The molecule has 4 rings (SSSR count). The summed E-state index contributed by atoms with van der Waals surface area (Å²) in [6.07, 6.45) is 1.16. The van der Waals surface area contributed by atoms with Crippen molar-refractivity contribution in [2.75, 3.05) is 26.2 Å². The fourth-order valence-electron chi connectivity index (χ4n) is 4.32. The largest absolute Gasteiger partial charge is 0.341 e. The Hall–Kier alpha value is -1.26. The van der Waals surface area contributed by atoms with Crippen molar-refractivity contribution in [1.82, 2.24) is 14.8 Å². The number of benzene rings is 2. The quantitative estimate of drug-likeness (QED) is 0.671. The third-order valence-electron chi connectivity index (χ3n) is 5.48. The van der Waals surface area contributed by atoms with E-state index in [4.69, 9.17) is 0 Å². The van der Waals surface area contributed by atoms with Gasteiger partial charge in [-0.25, -0.2) is 0 Å². The lowest BCUT2D eigenvalue weighted by atomic mass is 9.99. The van der Waals surface area contributed by atoms with Crippen molar-refractivity contribution in [3.8, 4) is 0 Å². The minimum absolute atomic E-state index is 0. The van der Waals surface area contributed by atoms with Gasteiger partial charge in [-0.1, -0.05) is 31.2 Å². The van der Waals surface area contributed by atoms with Crippen LogP contribution in [-0.2, 0) is 6.54 Å². The Labute approximate surface area is 168 Å². The number of fused-ring (bicyclic) bond motifs is 3. The van der Waals surface area contributed by atoms with E-state index in [1.807, 2.05) is 0 Å². The second-order valence-electron chi connectivity index (χ2n) is 6.75. The molecule has 1 N–H and O–H groups in total. The standard InChI is InChI=1S/C21H27N3.2ClH/c1-3-19(23-13-11-22-12-14-23)16-9-10-21-18(15-16)17-7-5-6-8-20(17)24(21)4-2;;/h5-10,15,19,22H,3-4,11-14H2,1-2H3;2*1H/t19-;;/m1../s1. The Morgan fingerprint density at radius 1 is 0.923 bits per heavy atom. The van der Waals surface area contributed by atoms with E-state index >= 15 is 0 Å². The summed E-state index contributed by atoms with van der Waals surface area (Å²) in [5, 5.41) is 6.25. The van der Waals surface area contributed by atoms with Crippen LogP contribution in [0.4, 0.5) is 0 Å². The van der Waals surface area contributed by atoms with E-state index in [2.05, 4.69) is 71.1 Å². The molecule has 1 aromatic heterocycles. The highest BCUT2D eigenvalue weighted by Crippen LogP contribution is 2.33. The van der Waals surface area contributed by atoms with Gasteiger partial charge < -0.3 is 9.88 Å². The monoisotopic (exact) mass is 393 g/mol. The summed E-state index contributed by atoms with van der Waals surface area (Å²) in [7, 11) is 0. The van der Waals surface area contributed by atoms with Crippen LogP contribution >= 0.6 is 24.8 Å². The molecule has 0 bridgehead atoms. The topological polar surface area (TPSA) is 20.2 Å². The Balaban J connectivity index is 0.00000121. The van der Waals surface area contributed by atoms with Gasteiger partial charge in [-0.05, 0) is 37.1 Å². The zero-order valence-electron chi connectivity index (χ0n) is 15.6. The van der Waals surface area contributed by atoms with Crippen LogP contribution in [0, 0.1) is 0 Å². The van der Waals surface area contributed by atoms with E-state index in [1.54, 1.807) is 0 Å². The van der Waals surface area contributed by atoms with E-state index in [1.165, 1.54) is 27.4 Å². The Morgan fingerprint density at radius 3 is 2.31 bits per heavy atom. The van der Waals surface area contributed by atoms with Crippen LogP contribution in [0.15, 0.2) is 42.5 Å². The number of rotatable bonds is 4. The maximum atomic E-state index is 3.46. The molecular formula is C21H29Cl2N3. The zero-order valence-corrected chi connectivity index (χ0v) is 17.2. The van der Waals surface area contributed by atoms with E-state index < -0.39 is 0 Å². The number of nitrogens with zero attached hydrogens (tertiary/aromatic N) is 2. The summed E-state index contributed by atoms with van der Waals surface area (Å²) in [4.78, 5) is 2.64. The summed E-state index contributed by atoms with van der Waals surface area (Å²) >= 11 is 0. The molecule has 1 saturated heterocycles. The molecule has 0 amide bonds. The predicted molar refractivity (Wildman–Crippen MR) is 117 cm³/mol. The van der Waals surface area contributed by atoms with Crippen molar-refractivity contribution in [1.29, 1.82) is 0 Å². The molecule has 26 heavy (non-hydrogen) atoms. The Bertz CT molecular complexity index is 853. The minimum atomic E-state index is 0. The molecular weight excluding hydrogens is 365 g/mol. The molecule has 142 valence electrons. The minimum Gasteiger partial charge on any atom is -0.341 e. The van der Waals surface area contributed by atoms with Gasteiger partial charge in [-0.3, -0.25) is 4.90 Å². The summed E-state index contributed by atoms with van der Waals surface area (Å²) in [6.45, 7) is 10.1. The third-order valence-corrected chi connectivity index (χ3v) is 5.48. The smallest absolute Gasteiger partial charge is 0.0491 e. The molecule has 3 nitrogen and oxygen atoms in total. The van der Waals surface area contributed by atoms with Gasteiger partial charge in [-0.2, -0.15) is 0 Å². The van der Waals surface area contributed by atoms with Crippen molar-refractivity contribution in [2.24, 2.45) is 0 Å². The number of para-hydroxylation sites is 1. The Kier molecular flexibility index (Phi) is 7.36. The van der Waals surface area contributed by atoms with Gasteiger partial charge in [0, 0.05) is 60.6 Å². The Morgan fingerprint density at radius 2 is 1.62 bits per heavy atom. The molecule has 0 unspecified atom stereocenters. The summed E-state index contributed by atoms with van der Waals surface area (Å²) in [5.74, 6) is 0. The van der Waals surface area contributed by atoms with Gasteiger partial charge in [0.25, 0.3) is 0 Å². The lowest BCUT2D eigenvalue weighted by Gasteiger charge is -2.34. The van der Waals surface area contributed by atoms with E-state index in [-0.39, 0.29) is 24.8 Å². The number of piperazine rings is 1. The molecule has 0 aliphatic carbocycles. The maximum Gasteiger partial charge on any atom is 0.0491 e. The first-order chi connectivity index (χ1) is 11.8. The number of hydrogen-bond donors (Lipinski definition) is 1. The van der Waals surface area contributed by atoms with Crippen LogP contribution in [0.1, 0.15) is 31.9 Å². The number of aryl methyl sites for hydroxylation is 1. The van der Waals surface area contributed by atoms with Crippen molar-refractivity contribution >= 4 is 46.6 Å².